The van der Waals surface area contributed by atoms with Crippen molar-refractivity contribution in [2.75, 3.05) is 0 Å². The highest BCUT2D eigenvalue weighted by molar-refractivity contribution is 6.73. The van der Waals surface area contributed by atoms with E-state index in [-0.39, 0.29) is 0 Å². The van der Waals surface area contributed by atoms with Gasteiger partial charge < -0.3 is 4.43 Å². The van der Waals surface area contributed by atoms with Crippen molar-refractivity contribution >= 4 is 14.1 Å². The van der Waals surface area contributed by atoms with Crippen LogP contribution in [0.2, 0.25) is 18.1 Å². The van der Waals surface area contributed by atoms with Crippen LogP contribution in [0.5, 0.6) is 0 Å². The van der Waals surface area contributed by atoms with Crippen LogP contribution in [0.3, 0.4) is 0 Å². The summed E-state index contributed by atoms with van der Waals surface area (Å²) in [7, 11) is -1.57. The molecule has 3 rings (SSSR count). The number of hydrogen-bond donors (Lipinski definition) is 0. The Kier molecular flexibility index (Phi) is 5.47. The van der Waals surface area contributed by atoms with Gasteiger partial charge in [0.15, 0.2) is 8.32 Å². The zero-order valence-corrected chi connectivity index (χ0v) is 16.3. The Balaban J connectivity index is 1.87. The molecule has 2 saturated carbocycles. The Labute approximate surface area is 143 Å². The Bertz CT molecular complexity index is 458. The lowest BCUT2D eigenvalue weighted by Gasteiger charge is -2.49. The number of Topliss-reactive ketones (excluding diaryl/α,β-unsaturated/α-hetero) is 1. The first kappa shape index (κ1) is 17.4. The Hall–Kier alpha value is -0.413. The number of ketones is 1. The van der Waals surface area contributed by atoms with E-state index in [0.717, 1.165) is 19.3 Å². The molecule has 4 bridgehead atoms. The van der Waals surface area contributed by atoms with Gasteiger partial charge in [-0.15, -0.1) is 0 Å². The summed E-state index contributed by atoms with van der Waals surface area (Å²) in [5, 5.41) is 0. The summed E-state index contributed by atoms with van der Waals surface area (Å²) in [6, 6.07) is 3.69. The molecule has 0 N–H and O–H groups in total. The summed E-state index contributed by atoms with van der Waals surface area (Å²) in [6.07, 6.45) is 10.5. The largest absolute Gasteiger partial charge is 0.413 e. The van der Waals surface area contributed by atoms with E-state index < -0.39 is 8.32 Å². The molecule has 0 aromatic rings. The summed E-state index contributed by atoms with van der Waals surface area (Å²) < 4.78 is 6.97. The first-order valence-corrected chi connectivity index (χ1v) is 12.5. The standard InChI is InChI=1S/C20H34O2Si/c1-4-23(5-2,6-3)22-19-13-11-15-10-12-17(21)14-16-8-7-9-18(15)20(16)19/h9,15-16,19-20H,4-8,10-14H2,1-3H3/t15-,16-,19+,20-/m1/s1. The lowest BCUT2D eigenvalue weighted by Crippen LogP contribution is -2.48. The zero-order valence-electron chi connectivity index (χ0n) is 15.3. The van der Waals surface area contributed by atoms with E-state index >= 15 is 0 Å². The third kappa shape index (κ3) is 3.37. The SMILES string of the molecule is CC[Si](CC)(CC)O[C@H]1CC[C@H]2CCC(=O)C[C@H]3CCC=C2[C@@H]31. The van der Waals surface area contributed by atoms with Crippen LogP contribution in [-0.4, -0.2) is 20.2 Å². The molecule has 0 radical (unpaired) electrons. The van der Waals surface area contributed by atoms with Crippen molar-refractivity contribution in [2.45, 2.75) is 90.0 Å². The van der Waals surface area contributed by atoms with E-state index in [4.69, 9.17) is 4.43 Å². The van der Waals surface area contributed by atoms with Crippen molar-refractivity contribution in [1.29, 1.82) is 0 Å². The molecular weight excluding hydrogens is 300 g/mol. The van der Waals surface area contributed by atoms with Gasteiger partial charge >= 0.3 is 0 Å². The fraction of sp³-hybridized carbons (Fsp3) is 0.850. The quantitative estimate of drug-likeness (QED) is 0.490. The molecule has 0 aromatic carbocycles. The van der Waals surface area contributed by atoms with Gasteiger partial charge in [0.05, 0.1) is 6.10 Å². The Morgan fingerprint density at radius 1 is 1.09 bits per heavy atom. The molecule has 3 heteroatoms. The highest BCUT2D eigenvalue weighted by Crippen LogP contribution is 2.49. The van der Waals surface area contributed by atoms with Gasteiger partial charge in [-0.25, -0.2) is 0 Å². The summed E-state index contributed by atoms with van der Waals surface area (Å²) in [5.41, 5.74) is 1.69. The first-order valence-electron chi connectivity index (χ1n) is 10.0. The second-order valence-corrected chi connectivity index (χ2v) is 12.7. The molecule has 0 heterocycles. The van der Waals surface area contributed by atoms with Gasteiger partial charge in [0.25, 0.3) is 0 Å². The van der Waals surface area contributed by atoms with Crippen LogP contribution in [0.1, 0.15) is 65.7 Å². The van der Waals surface area contributed by atoms with E-state index in [1.54, 1.807) is 5.57 Å². The maximum atomic E-state index is 12.3. The molecule has 23 heavy (non-hydrogen) atoms. The van der Waals surface area contributed by atoms with Crippen LogP contribution in [0.15, 0.2) is 11.6 Å². The molecule has 4 atom stereocenters. The molecule has 0 aromatic heterocycles. The summed E-state index contributed by atoms with van der Waals surface area (Å²) in [6.45, 7) is 6.98. The van der Waals surface area contributed by atoms with Crippen molar-refractivity contribution in [3.8, 4) is 0 Å². The predicted octanol–water partition coefficient (Wildman–Crippen LogP) is 5.49. The molecule has 0 aliphatic heterocycles. The molecule has 0 amide bonds. The molecule has 0 unspecified atom stereocenters. The minimum Gasteiger partial charge on any atom is -0.413 e. The third-order valence-corrected chi connectivity index (χ3v) is 11.7. The van der Waals surface area contributed by atoms with E-state index in [0.29, 0.717) is 29.6 Å². The van der Waals surface area contributed by atoms with E-state index in [1.165, 1.54) is 43.8 Å². The van der Waals surface area contributed by atoms with Gasteiger partial charge in [-0.1, -0.05) is 32.4 Å². The molecule has 3 aliphatic rings. The maximum Gasteiger partial charge on any atom is 0.192 e. The topological polar surface area (TPSA) is 26.3 Å². The van der Waals surface area contributed by atoms with E-state index in [1.807, 2.05) is 0 Å². The van der Waals surface area contributed by atoms with Crippen LogP contribution >= 0.6 is 0 Å². The monoisotopic (exact) mass is 334 g/mol. The van der Waals surface area contributed by atoms with E-state index in [2.05, 4.69) is 26.8 Å². The number of hydrogen-bond acceptors (Lipinski definition) is 2. The smallest absolute Gasteiger partial charge is 0.192 e. The maximum absolute atomic E-state index is 12.3. The second kappa shape index (κ2) is 7.22. The van der Waals surface area contributed by atoms with Crippen LogP contribution in [0, 0.1) is 17.8 Å². The lowest BCUT2D eigenvalue weighted by atomic mass is 9.62. The highest BCUT2D eigenvalue weighted by Gasteiger charge is 2.45. The van der Waals surface area contributed by atoms with Gasteiger partial charge in [0, 0.05) is 18.8 Å². The van der Waals surface area contributed by atoms with Gasteiger partial charge in [-0.05, 0) is 62.1 Å². The lowest BCUT2D eigenvalue weighted by molar-refractivity contribution is -0.122. The molecule has 2 fully saturated rings. The van der Waals surface area contributed by atoms with Crippen molar-refractivity contribution in [3.63, 3.8) is 0 Å². The first-order chi connectivity index (χ1) is 11.1. The van der Waals surface area contributed by atoms with Gasteiger partial charge in [-0.3, -0.25) is 4.79 Å². The number of allylic oxidation sites excluding steroid dienone is 1. The van der Waals surface area contributed by atoms with Crippen molar-refractivity contribution in [2.24, 2.45) is 17.8 Å². The fourth-order valence-corrected chi connectivity index (χ4v) is 8.35. The summed E-state index contributed by atoms with van der Waals surface area (Å²) in [5.74, 6) is 2.31. The van der Waals surface area contributed by atoms with Crippen LogP contribution < -0.4 is 0 Å². The minimum atomic E-state index is -1.57. The van der Waals surface area contributed by atoms with Gasteiger partial charge in [0.1, 0.15) is 5.78 Å². The average molecular weight is 335 g/mol. The third-order valence-electron chi connectivity index (χ3n) is 7.08. The van der Waals surface area contributed by atoms with Crippen LogP contribution in [0.25, 0.3) is 0 Å². The summed E-state index contributed by atoms with van der Waals surface area (Å²) >= 11 is 0. The fourth-order valence-electron chi connectivity index (χ4n) is 5.44. The van der Waals surface area contributed by atoms with Gasteiger partial charge in [0.2, 0.25) is 0 Å². The molecule has 0 saturated heterocycles. The second-order valence-electron chi connectivity index (χ2n) is 8.02. The van der Waals surface area contributed by atoms with Crippen LogP contribution in [-0.2, 0) is 9.22 Å². The van der Waals surface area contributed by atoms with E-state index in [9.17, 15) is 4.79 Å². The Morgan fingerprint density at radius 2 is 1.83 bits per heavy atom. The number of rotatable bonds is 5. The number of carbonyl (C=O) groups is 1. The van der Waals surface area contributed by atoms with Crippen molar-refractivity contribution in [1.82, 2.24) is 0 Å². The molecule has 2 nitrogen and oxygen atoms in total. The Morgan fingerprint density at radius 3 is 2.52 bits per heavy atom. The normalized spacial score (nSPS) is 34.6. The van der Waals surface area contributed by atoms with Gasteiger partial charge in [-0.2, -0.15) is 0 Å². The van der Waals surface area contributed by atoms with Crippen molar-refractivity contribution in [3.05, 3.63) is 11.6 Å². The molecule has 3 aliphatic carbocycles. The van der Waals surface area contributed by atoms with Crippen LogP contribution in [0.4, 0.5) is 0 Å². The summed E-state index contributed by atoms with van der Waals surface area (Å²) in [4.78, 5) is 12.3. The average Bonchev–Trinajstić information content (AvgIpc) is 2.58. The molecule has 130 valence electrons. The predicted molar refractivity (Wildman–Crippen MR) is 97.9 cm³/mol. The molecule has 0 spiro atoms. The number of carbonyl (C=O) groups excluding carboxylic acids is 1. The highest BCUT2D eigenvalue weighted by atomic mass is 28.4. The van der Waals surface area contributed by atoms with Crippen molar-refractivity contribution < 1.29 is 9.22 Å². The molecular formula is C20H34O2Si. The zero-order chi connectivity index (χ0) is 16.4. The minimum absolute atomic E-state index is 0.403.